The van der Waals surface area contributed by atoms with Gasteiger partial charge in [-0.2, -0.15) is 0 Å². The zero-order valence-electron chi connectivity index (χ0n) is 12.0. The fourth-order valence-electron chi connectivity index (χ4n) is 2.48. The molecule has 1 aliphatic rings. The molecule has 2 aromatic rings. The Kier molecular flexibility index (Phi) is 3.75. The highest BCUT2D eigenvalue weighted by Gasteiger charge is 2.22. The second kappa shape index (κ2) is 5.55. The normalized spacial score (nSPS) is 17.5. The summed E-state index contributed by atoms with van der Waals surface area (Å²) in [6, 6.07) is 4.83. The quantitative estimate of drug-likeness (QED) is 0.639. The minimum Gasteiger partial charge on any atom is -0.322 e. The van der Waals surface area contributed by atoms with Gasteiger partial charge in [0, 0.05) is 12.1 Å². The summed E-state index contributed by atoms with van der Waals surface area (Å²) >= 11 is 1.51. The molecule has 0 unspecified atom stereocenters. The predicted octanol–water partition coefficient (Wildman–Crippen LogP) is 2.15. The van der Waals surface area contributed by atoms with Crippen molar-refractivity contribution in [3.8, 4) is 0 Å². The third-order valence-electron chi connectivity index (χ3n) is 3.51. The van der Waals surface area contributed by atoms with Gasteiger partial charge in [0.25, 0.3) is 5.69 Å². The lowest BCUT2D eigenvalue weighted by Gasteiger charge is -2.40. The lowest BCUT2D eigenvalue weighted by Crippen LogP contribution is -2.53. The fraction of sp³-hybridized carbons (Fsp3) is 0.462. The van der Waals surface area contributed by atoms with Gasteiger partial charge >= 0.3 is 0 Å². The number of anilines is 1. The van der Waals surface area contributed by atoms with Gasteiger partial charge in [-0.25, -0.2) is 4.98 Å². The molecule has 1 saturated heterocycles. The molecule has 0 atom stereocenters. The number of thiazole rings is 1. The Balaban J connectivity index is 1.91. The molecule has 0 N–H and O–H groups in total. The van der Waals surface area contributed by atoms with Crippen LogP contribution in [-0.4, -0.2) is 53.3 Å². The topological polar surface area (TPSA) is 65.8 Å². The van der Waals surface area contributed by atoms with Gasteiger partial charge in [-0.15, -0.1) is 0 Å². The highest BCUT2D eigenvalue weighted by Crippen LogP contribution is 2.32. The summed E-state index contributed by atoms with van der Waals surface area (Å²) in [7, 11) is 2.08. The number of nitrogens with zero attached hydrogens (tertiary/aromatic N) is 5. The largest absolute Gasteiger partial charge is 0.322 e. The summed E-state index contributed by atoms with van der Waals surface area (Å²) < 4.78 is 0.857. The molecule has 0 bridgehead atoms. The smallest absolute Gasteiger partial charge is 0.270 e. The molecule has 2 heterocycles. The van der Waals surface area contributed by atoms with E-state index in [1.165, 1.54) is 17.4 Å². The van der Waals surface area contributed by atoms with Gasteiger partial charge < -0.3 is 4.90 Å². The number of fused-ring (bicyclic) bond motifs is 1. The molecule has 1 aromatic carbocycles. The van der Waals surface area contributed by atoms with Crippen molar-refractivity contribution in [1.29, 1.82) is 0 Å². The van der Waals surface area contributed by atoms with Crippen molar-refractivity contribution in [1.82, 2.24) is 14.8 Å². The second-order valence-corrected chi connectivity index (χ2v) is 6.22. The minimum absolute atomic E-state index is 0.114. The average molecular weight is 307 g/mol. The standard InChI is InChI=1S/C13H17N5O2S/c1-3-16-7-15(2)8-17(9-16)13-14-11-5-4-10(18(19)20)6-12(11)21-13/h4-6H,3,7-9H2,1-2H3. The average Bonchev–Trinajstić information content (AvgIpc) is 2.89. The van der Waals surface area contributed by atoms with E-state index in [4.69, 9.17) is 0 Å². The molecule has 21 heavy (non-hydrogen) atoms. The summed E-state index contributed by atoms with van der Waals surface area (Å²) in [6.45, 7) is 5.72. The van der Waals surface area contributed by atoms with Crippen LogP contribution in [0.4, 0.5) is 10.8 Å². The molecule has 1 aliphatic heterocycles. The Hall–Kier alpha value is -1.77. The maximum atomic E-state index is 10.8. The van der Waals surface area contributed by atoms with E-state index in [-0.39, 0.29) is 10.6 Å². The van der Waals surface area contributed by atoms with E-state index in [0.717, 1.165) is 41.9 Å². The first kappa shape index (κ1) is 14.2. The third kappa shape index (κ3) is 2.82. The van der Waals surface area contributed by atoms with E-state index in [2.05, 4.69) is 33.7 Å². The van der Waals surface area contributed by atoms with E-state index >= 15 is 0 Å². The molecule has 0 radical (unpaired) electrons. The van der Waals surface area contributed by atoms with E-state index in [1.54, 1.807) is 12.1 Å². The van der Waals surface area contributed by atoms with Crippen LogP contribution in [0, 0.1) is 10.1 Å². The second-order valence-electron chi connectivity index (χ2n) is 5.21. The number of hydrogen-bond donors (Lipinski definition) is 0. The van der Waals surface area contributed by atoms with Crippen molar-refractivity contribution in [3.05, 3.63) is 28.3 Å². The zero-order valence-corrected chi connectivity index (χ0v) is 12.8. The summed E-state index contributed by atoms with van der Waals surface area (Å²) in [4.78, 5) is 21.8. The third-order valence-corrected chi connectivity index (χ3v) is 4.59. The lowest BCUT2D eigenvalue weighted by atomic mass is 10.3. The molecule has 112 valence electrons. The Labute approximate surface area is 126 Å². The van der Waals surface area contributed by atoms with Crippen LogP contribution in [0.3, 0.4) is 0 Å². The fourth-order valence-corrected chi connectivity index (χ4v) is 3.46. The number of non-ortho nitro benzene ring substituents is 1. The number of rotatable bonds is 3. The Morgan fingerprint density at radius 2 is 2.19 bits per heavy atom. The summed E-state index contributed by atoms with van der Waals surface area (Å²) in [6.07, 6.45) is 0. The molecule has 1 aromatic heterocycles. The highest BCUT2D eigenvalue weighted by atomic mass is 32.1. The molecular formula is C13H17N5O2S. The van der Waals surface area contributed by atoms with E-state index in [1.807, 2.05) is 0 Å². The molecule has 0 spiro atoms. The van der Waals surface area contributed by atoms with Crippen LogP contribution in [-0.2, 0) is 0 Å². The first-order valence-corrected chi connectivity index (χ1v) is 7.59. The predicted molar refractivity (Wildman–Crippen MR) is 83.5 cm³/mol. The zero-order chi connectivity index (χ0) is 15.0. The van der Waals surface area contributed by atoms with Gasteiger partial charge in [-0.05, 0) is 19.7 Å². The van der Waals surface area contributed by atoms with Crippen molar-refractivity contribution < 1.29 is 4.92 Å². The van der Waals surface area contributed by atoms with E-state index < -0.39 is 0 Å². The molecule has 3 rings (SSSR count). The van der Waals surface area contributed by atoms with Gasteiger partial charge in [0.2, 0.25) is 0 Å². The minimum atomic E-state index is -0.369. The SMILES string of the molecule is CCN1CN(C)CN(c2nc3ccc([N+](=O)[O-])cc3s2)C1. The monoisotopic (exact) mass is 307 g/mol. The molecule has 0 saturated carbocycles. The van der Waals surface area contributed by atoms with Gasteiger partial charge in [-0.1, -0.05) is 18.3 Å². The molecule has 1 fully saturated rings. The highest BCUT2D eigenvalue weighted by molar-refractivity contribution is 7.22. The van der Waals surface area contributed by atoms with E-state index in [0.29, 0.717) is 0 Å². The molecule has 0 aliphatic carbocycles. The first-order valence-electron chi connectivity index (χ1n) is 6.77. The van der Waals surface area contributed by atoms with Gasteiger partial charge in [-0.3, -0.25) is 19.9 Å². The van der Waals surface area contributed by atoms with Crippen LogP contribution in [0.15, 0.2) is 18.2 Å². The van der Waals surface area contributed by atoms with Crippen LogP contribution in [0.1, 0.15) is 6.92 Å². The molecule has 0 amide bonds. The van der Waals surface area contributed by atoms with Crippen LogP contribution in [0.2, 0.25) is 0 Å². The van der Waals surface area contributed by atoms with Gasteiger partial charge in [0.1, 0.15) is 0 Å². The Morgan fingerprint density at radius 1 is 1.38 bits per heavy atom. The Bertz CT molecular complexity index is 674. The number of hydrogen-bond acceptors (Lipinski definition) is 7. The van der Waals surface area contributed by atoms with Gasteiger partial charge in [0.05, 0.1) is 35.1 Å². The maximum Gasteiger partial charge on any atom is 0.270 e. The number of aromatic nitrogens is 1. The summed E-state index contributed by atoms with van der Waals surface area (Å²) in [5.41, 5.74) is 0.931. The van der Waals surface area contributed by atoms with Crippen molar-refractivity contribution in [2.24, 2.45) is 0 Å². The molecular weight excluding hydrogens is 290 g/mol. The van der Waals surface area contributed by atoms with Gasteiger partial charge in [0.15, 0.2) is 5.13 Å². The Morgan fingerprint density at radius 3 is 2.90 bits per heavy atom. The van der Waals surface area contributed by atoms with Crippen LogP contribution < -0.4 is 4.90 Å². The van der Waals surface area contributed by atoms with Crippen LogP contribution >= 0.6 is 11.3 Å². The number of nitro benzene ring substituents is 1. The summed E-state index contributed by atoms with van der Waals surface area (Å²) in [5, 5.41) is 11.8. The lowest BCUT2D eigenvalue weighted by molar-refractivity contribution is -0.384. The number of nitro groups is 1. The first-order chi connectivity index (χ1) is 10.1. The van der Waals surface area contributed by atoms with Crippen molar-refractivity contribution >= 4 is 32.4 Å². The summed E-state index contributed by atoms with van der Waals surface area (Å²) in [5.74, 6) is 0. The molecule has 7 nitrogen and oxygen atoms in total. The molecule has 8 heteroatoms. The number of benzene rings is 1. The van der Waals surface area contributed by atoms with Crippen molar-refractivity contribution in [3.63, 3.8) is 0 Å². The van der Waals surface area contributed by atoms with E-state index in [9.17, 15) is 10.1 Å². The maximum absolute atomic E-state index is 10.8. The van der Waals surface area contributed by atoms with Crippen LogP contribution in [0.5, 0.6) is 0 Å². The van der Waals surface area contributed by atoms with Crippen molar-refractivity contribution in [2.75, 3.05) is 38.5 Å². The van der Waals surface area contributed by atoms with Crippen molar-refractivity contribution in [2.45, 2.75) is 6.92 Å². The van der Waals surface area contributed by atoms with Crippen LogP contribution in [0.25, 0.3) is 10.2 Å².